The van der Waals surface area contributed by atoms with Crippen molar-refractivity contribution >= 4 is 12.4 Å². The third-order valence-corrected chi connectivity index (χ3v) is 4.06. The average Bonchev–Trinajstić information content (AvgIpc) is 2.76. The Morgan fingerprint density at radius 3 is 2.58 bits per heavy atom. The molecule has 0 bridgehead atoms. The smallest absolute Gasteiger partial charge is 0.00452 e. The molecule has 0 radical (unpaired) electrons. The highest BCUT2D eigenvalue weighted by Gasteiger charge is 2.29. The summed E-state index contributed by atoms with van der Waals surface area (Å²) in [7, 11) is 2.25. The first-order valence-electron chi connectivity index (χ1n) is 7.03. The van der Waals surface area contributed by atoms with E-state index in [4.69, 9.17) is 0 Å². The van der Waals surface area contributed by atoms with Gasteiger partial charge in [-0.2, -0.15) is 0 Å². The summed E-state index contributed by atoms with van der Waals surface area (Å²) in [6, 6.07) is 10.8. The second-order valence-corrected chi connectivity index (χ2v) is 6.25. The molecule has 3 heteroatoms. The van der Waals surface area contributed by atoms with E-state index in [0.717, 1.165) is 13.1 Å². The zero-order valence-corrected chi connectivity index (χ0v) is 13.2. The van der Waals surface area contributed by atoms with Gasteiger partial charge in [0.05, 0.1) is 0 Å². The monoisotopic (exact) mass is 282 g/mol. The van der Waals surface area contributed by atoms with Gasteiger partial charge in [-0.15, -0.1) is 12.4 Å². The standard InChI is InChI=1S/C16H26N2.ClH/c1-14(15-7-5-4-6-8-15)11-18(3)13-16(2)9-10-17-12-16;/h4-8,14,17H,9-13H2,1-3H3;1H. The van der Waals surface area contributed by atoms with Gasteiger partial charge in [0.25, 0.3) is 0 Å². The Hall–Kier alpha value is -0.570. The van der Waals surface area contributed by atoms with Gasteiger partial charge in [0.15, 0.2) is 0 Å². The van der Waals surface area contributed by atoms with Gasteiger partial charge in [-0.1, -0.05) is 44.2 Å². The Balaban J connectivity index is 0.00000180. The molecule has 2 unspecified atom stereocenters. The molecule has 1 heterocycles. The lowest BCUT2D eigenvalue weighted by Crippen LogP contribution is -2.36. The second kappa shape index (κ2) is 7.28. The van der Waals surface area contributed by atoms with Crippen LogP contribution in [0.1, 0.15) is 31.7 Å². The van der Waals surface area contributed by atoms with Gasteiger partial charge in [0.2, 0.25) is 0 Å². The van der Waals surface area contributed by atoms with Crippen LogP contribution in [0.15, 0.2) is 30.3 Å². The molecule has 2 nitrogen and oxygen atoms in total. The molecule has 1 aliphatic heterocycles. The highest BCUT2D eigenvalue weighted by molar-refractivity contribution is 5.85. The van der Waals surface area contributed by atoms with Gasteiger partial charge in [-0.05, 0) is 36.9 Å². The molecule has 1 N–H and O–H groups in total. The Bertz CT molecular complexity index is 360. The average molecular weight is 283 g/mol. The van der Waals surface area contributed by atoms with E-state index in [1.165, 1.54) is 25.1 Å². The maximum atomic E-state index is 3.48. The minimum absolute atomic E-state index is 0. The summed E-state index contributed by atoms with van der Waals surface area (Å²) in [5, 5.41) is 3.48. The van der Waals surface area contributed by atoms with Crippen LogP contribution in [0.25, 0.3) is 0 Å². The van der Waals surface area contributed by atoms with E-state index in [1.807, 2.05) is 0 Å². The molecule has 0 spiro atoms. The number of nitrogens with zero attached hydrogens (tertiary/aromatic N) is 1. The van der Waals surface area contributed by atoms with Crippen molar-refractivity contribution in [3.8, 4) is 0 Å². The highest BCUT2D eigenvalue weighted by atomic mass is 35.5. The quantitative estimate of drug-likeness (QED) is 0.893. The van der Waals surface area contributed by atoms with Crippen molar-refractivity contribution in [1.82, 2.24) is 10.2 Å². The summed E-state index contributed by atoms with van der Waals surface area (Å²) in [5.41, 5.74) is 1.91. The summed E-state index contributed by atoms with van der Waals surface area (Å²) in [5.74, 6) is 0.606. The molecule has 0 aliphatic carbocycles. The molecule has 2 atom stereocenters. The Morgan fingerprint density at radius 2 is 2.00 bits per heavy atom. The lowest BCUT2D eigenvalue weighted by molar-refractivity contribution is 0.202. The fourth-order valence-electron chi connectivity index (χ4n) is 3.07. The lowest BCUT2D eigenvalue weighted by atomic mass is 9.89. The van der Waals surface area contributed by atoms with Crippen LogP contribution in [0.3, 0.4) is 0 Å². The molecule has 1 aromatic rings. The van der Waals surface area contributed by atoms with Gasteiger partial charge in [-0.3, -0.25) is 0 Å². The van der Waals surface area contributed by atoms with Crippen LogP contribution in [0.5, 0.6) is 0 Å². The molecule has 2 rings (SSSR count). The van der Waals surface area contributed by atoms with E-state index in [1.54, 1.807) is 0 Å². The molecule has 1 aliphatic rings. The van der Waals surface area contributed by atoms with Crippen molar-refractivity contribution in [1.29, 1.82) is 0 Å². The second-order valence-electron chi connectivity index (χ2n) is 6.25. The van der Waals surface area contributed by atoms with E-state index in [0.29, 0.717) is 11.3 Å². The lowest BCUT2D eigenvalue weighted by Gasteiger charge is -2.31. The molecular formula is C16H27ClN2. The van der Waals surface area contributed by atoms with Crippen LogP contribution in [0, 0.1) is 5.41 Å². The molecule has 0 aromatic heterocycles. The van der Waals surface area contributed by atoms with E-state index in [2.05, 4.69) is 61.4 Å². The molecule has 1 saturated heterocycles. The van der Waals surface area contributed by atoms with Crippen molar-refractivity contribution in [3.63, 3.8) is 0 Å². The molecule has 108 valence electrons. The Morgan fingerprint density at radius 1 is 1.32 bits per heavy atom. The third-order valence-electron chi connectivity index (χ3n) is 4.06. The minimum atomic E-state index is 0. The normalized spacial score (nSPS) is 24.2. The summed E-state index contributed by atoms with van der Waals surface area (Å²) in [6.07, 6.45) is 1.30. The maximum absolute atomic E-state index is 3.48. The molecule has 1 aromatic carbocycles. The van der Waals surface area contributed by atoms with Crippen LogP contribution in [-0.4, -0.2) is 38.1 Å². The highest BCUT2D eigenvalue weighted by Crippen LogP contribution is 2.26. The fraction of sp³-hybridized carbons (Fsp3) is 0.625. The van der Waals surface area contributed by atoms with Crippen molar-refractivity contribution < 1.29 is 0 Å². The van der Waals surface area contributed by atoms with Crippen molar-refractivity contribution in [2.45, 2.75) is 26.2 Å². The summed E-state index contributed by atoms with van der Waals surface area (Å²) in [6.45, 7) is 9.39. The zero-order chi connectivity index (χ0) is 13.0. The van der Waals surface area contributed by atoms with Crippen LogP contribution < -0.4 is 5.32 Å². The largest absolute Gasteiger partial charge is 0.316 e. The van der Waals surface area contributed by atoms with Gasteiger partial charge < -0.3 is 10.2 Å². The Kier molecular flexibility index (Phi) is 6.31. The molecule has 19 heavy (non-hydrogen) atoms. The van der Waals surface area contributed by atoms with Gasteiger partial charge >= 0.3 is 0 Å². The van der Waals surface area contributed by atoms with Crippen LogP contribution in [0.2, 0.25) is 0 Å². The summed E-state index contributed by atoms with van der Waals surface area (Å²) >= 11 is 0. The minimum Gasteiger partial charge on any atom is -0.316 e. The summed E-state index contributed by atoms with van der Waals surface area (Å²) in [4.78, 5) is 2.49. The predicted octanol–water partition coefficient (Wildman–Crippen LogP) is 3.14. The number of hydrogen-bond acceptors (Lipinski definition) is 2. The molecular weight excluding hydrogens is 256 g/mol. The number of rotatable bonds is 5. The maximum Gasteiger partial charge on any atom is 0.00452 e. The first-order chi connectivity index (χ1) is 8.59. The first-order valence-corrected chi connectivity index (χ1v) is 7.03. The molecule has 0 amide bonds. The van der Waals surface area contributed by atoms with Crippen molar-refractivity contribution in [2.24, 2.45) is 5.41 Å². The third kappa shape index (κ3) is 4.79. The number of benzene rings is 1. The first kappa shape index (κ1) is 16.5. The number of nitrogens with one attached hydrogen (secondary N) is 1. The predicted molar refractivity (Wildman–Crippen MR) is 85.2 cm³/mol. The van der Waals surface area contributed by atoms with Crippen molar-refractivity contribution in [3.05, 3.63) is 35.9 Å². The number of likely N-dealkylation sites (N-methyl/N-ethyl adjacent to an activating group) is 1. The van der Waals surface area contributed by atoms with Crippen LogP contribution >= 0.6 is 12.4 Å². The van der Waals surface area contributed by atoms with E-state index in [9.17, 15) is 0 Å². The number of hydrogen-bond donors (Lipinski definition) is 1. The topological polar surface area (TPSA) is 15.3 Å². The molecule has 1 fully saturated rings. The van der Waals surface area contributed by atoms with E-state index in [-0.39, 0.29) is 12.4 Å². The van der Waals surface area contributed by atoms with Crippen LogP contribution in [-0.2, 0) is 0 Å². The van der Waals surface area contributed by atoms with Gasteiger partial charge in [0, 0.05) is 19.6 Å². The summed E-state index contributed by atoms with van der Waals surface area (Å²) < 4.78 is 0. The zero-order valence-electron chi connectivity index (χ0n) is 12.4. The molecule has 0 saturated carbocycles. The van der Waals surface area contributed by atoms with Gasteiger partial charge in [-0.25, -0.2) is 0 Å². The SMILES string of the molecule is CC(CN(C)CC1(C)CCNC1)c1ccccc1.Cl. The van der Waals surface area contributed by atoms with Crippen LogP contribution in [0.4, 0.5) is 0 Å². The fourth-order valence-corrected chi connectivity index (χ4v) is 3.07. The van der Waals surface area contributed by atoms with E-state index < -0.39 is 0 Å². The van der Waals surface area contributed by atoms with Gasteiger partial charge in [0.1, 0.15) is 0 Å². The van der Waals surface area contributed by atoms with Crippen molar-refractivity contribution in [2.75, 3.05) is 33.2 Å². The van der Waals surface area contributed by atoms with E-state index >= 15 is 0 Å². The Labute approximate surface area is 124 Å². The number of halogens is 1.